The van der Waals surface area contributed by atoms with E-state index in [9.17, 15) is 22.8 Å². The minimum absolute atomic E-state index is 0.0699. The van der Waals surface area contributed by atoms with Gasteiger partial charge in [0.2, 0.25) is 0 Å². The predicted molar refractivity (Wildman–Crippen MR) is 126 cm³/mol. The van der Waals surface area contributed by atoms with Crippen LogP contribution in [0.25, 0.3) is 0 Å². The van der Waals surface area contributed by atoms with Gasteiger partial charge < -0.3 is 13.9 Å². The van der Waals surface area contributed by atoms with Gasteiger partial charge in [-0.3, -0.25) is 9.80 Å². The van der Waals surface area contributed by atoms with Crippen LogP contribution in [0.15, 0.2) is 30.3 Å². The highest BCUT2D eigenvalue weighted by Crippen LogP contribution is 2.42. The minimum Gasteiger partial charge on any atom is -0.445 e. The molecule has 0 saturated carbocycles. The van der Waals surface area contributed by atoms with Crippen LogP contribution in [0, 0.1) is 0 Å². The molecule has 2 fully saturated rings. The first-order valence-corrected chi connectivity index (χ1v) is 15.2. The van der Waals surface area contributed by atoms with Crippen LogP contribution < -0.4 is 0 Å². The Morgan fingerprint density at radius 2 is 1.69 bits per heavy atom. The van der Waals surface area contributed by atoms with Crippen molar-refractivity contribution in [3.8, 4) is 0 Å². The highest BCUT2D eigenvalue weighted by Gasteiger charge is 2.60. The largest absolute Gasteiger partial charge is 0.445 e. The molecule has 2 aliphatic rings. The Morgan fingerprint density at radius 3 is 2.23 bits per heavy atom. The summed E-state index contributed by atoms with van der Waals surface area (Å²) in [5, 5.41) is 0. The third kappa shape index (κ3) is 6.90. The number of carbonyl (C=O) groups excluding carboxylic acids is 2. The Morgan fingerprint density at radius 1 is 1.06 bits per heavy atom. The van der Waals surface area contributed by atoms with E-state index in [1.807, 2.05) is 6.07 Å². The van der Waals surface area contributed by atoms with Crippen LogP contribution in [0.1, 0.15) is 39.2 Å². The zero-order chi connectivity index (χ0) is 26.2. The first-order chi connectivity index (χ1) is 16.1. The molecule has 0 unspecified atom stereocenters. The smallest absolute Gasteiger partial charge is 0.415 e. The van der Waals surface area contributed by atoms with Crippen molar-refractivity contribution in [2.75, 3.05) is 6.54 Å². The van der Waals surface area contributed by atoms with Crippen molar-refractivity contribution >= 4 is 20.5 Å². The van der Waals surface area contributed by atoms with Crippen LogP contribution in [0.5, 0.6) is 0 Å². The second-order valence-electron chi connectivity index (χ2n) is 11.1. The van der Waals surface area contributed by atoms with Gasteiger partial charge in [-0.2, -0.15) is 13.2 Å². The van der Waals surface area contributed by atoms with Crippen molar-refractivity contribution in [3.05, 3.63) is 35.9 Å². The number of hydrogen-bond acceptors (Lipinski definition) is 5. The Kier molecular flexibility index (Phi) is 7.81. The number of carbonyl (C=O) groups is 2. The van der Waals surface area contributed by atoms with E-state index in [1.54, 1.807) is 64.7 Å². The molecule has 0 aromatic heterocycles. The molecule has 2 aliphatic heterocycles. The molecule has 2 saturated heterocycles. The summed E-state index contributed by atoms with van der Waals surface area (Å²) in [5.41, 5.74) is -0.0887. The molecule has 0 radical (unpaired) electrons. The number of piperazine rings is 1. The van der Waals surface area contributed by atoms with E-state index in [2.05, 4.69) is 0 Å². The number of nitrogens with zero attached hydrogens (tertiary/aromatic N) is 2. The lowest BCUT2D eigenvalue weighted by Gasteiger charge is -2.49. The SMILES string of the molecule is CC(C)(C)OC(=O)N1[C@H]2CC[C@@H]1[C@@H]([C@@H](O[Si](C)(C)C)C(F)(F)F)N(C(=O)OCc1ccccc1)C2. The van der Waals surface area contributed by atoms with Gasteiger partial charge in [0, 0.05) is 6.54 Å². The maximum Gasteiger partial charge on any atom is 0.415 e. The Bertz CT molecular complexity index is 901. The van der Waals surface area contributed by atoms with E-state index >= 15 is 0 Å². The van der Waals surface area contributed by atoms with Gasteiger partial charge in [0.15, 0.2) is 14.4 Å². The summed E-state index contributed by atoms with van der Waals surface area (Å²) < 4.78 is 59.9. The lowest BCUT2D eigenvalue weighted by Crippen LogP contribution is -2.69. The quantitative estimate of drug-likeness (QED) is 0.480. The Labute approximate surface area is 205 Å². The molecular formula is C24H35F3N2O5Si. The van der Waals surface area contributed by atoms with Crippen LogP contribution >= 0.6 is 0 Å². The zero-order valence-electron chi connectivity index (χ0n) is 21.1. The maximum atomic E-state index is 14.4. The van der Waals surface area contributed by atoms with Crippen molar-refractivity contribution in [3.63, 3.8) is 0 Å². The molecule has 3 rings (SSSR count). The van der Waals surface area contributed by atoms with E-state index in [4.69, 9.17) is 13.9 Å². The first kappa shape index (κ1) is 27.3. The summed E-state index contributed by atoms with van der Waals surface area (Å²) in [5.74, 6) is 0. The van der Waals surface area contributed by atoms with E-state index in [0.717, 1.165) is 10.5 Å². The molecule has 7 nitrogen and oxygen atoms in total. The minimum atomic E-state index is -4.75. The van der Waals surface area contributed by atoms with E-state index < -0.39 is 56.5 Å². The summed E-state index contributed by atoms with van der Waals surface area (Å²) in [4.78, 5) is 28.7. The second kappa shape index (κ2) is 10.0. The van der Waals surface area contributed by atoms with Crippen LogP contribution in [0.4, 0.5) is 22.8 Å². The van der Waals surface area contributed by atoms with E-state index in [-0.39, 0.29) is 13.2 Å². The van der Waals surface area contributed by atoms with Gasteiger partial charge in [0.05, 0.1) is 18.1 Å². The molecule has 4 atom stereocenters. The fraction of sp³-hybridized carbons (Fsp3) is 0.667. The number of fused-ring (bicyclic) bond motifs is 2. The highest BCUT2D eigenvalue weighted by molar-refractivity contribution is 6.69. The lowest BCUT2D eigenvalue weighted by atomic mass is 9.97. The van der Waals surface area contributed by atoms with Gasteiger partial charge in [-0.05, 0) is 58.8 Å². The number of hydrogen-bond donors (Lipinski definition) is 0. The molecule has 35 heavy (non-hydrogen) atoms. The molecule has 0 spiro atoms. The lowest BCUT2D eigenvalue weighted by molar-refractivity contribution is -0.222. The van der Waals surface area contributed by atoms with Crippen molar-refractivity contribution in [2.45, 2.75) is 95.9 Å². The Balaban J connectivity index is 1.94. The molecule has 196 valence electrons. The number of halogens is 3. The summed E-state index contributed by atoms with van der Waals surface area (Å²) >= 11 is 0. The van der Waals surface area contributed by atoms with Crippen molar-refractivity contribution in [1.82, 2.24) is 9.80 Å². The Hall–Kier alpha value is -2.27. The van der Waals surface area contributed by atoms with Gasteiger partial charge in [-0.25, -0.2) is 9.59 Å². The van der Waals surface area contributed by atoms with Gasteiger partial charge >= 0.3 is 18.4 Å². The monoisotopic (exact) mass is 516 g/mol. The van der Waals surface area contributed by atoms with Crippen LogP contribution in [-0.4, -0.2) is 72.9 Å². The second-order valence-corrected chi connectivity index (χ2v) is 15.5. The molecule has 1 aromatic carbocycles. The summed E-state index contributed by atoms with van der Waals surface area (Å²) in [6.07, 6.45) is -7.78. The van der Waals surface area contributed by atoms with Crippen LogP contribution in [0.2, 0.25) is 19.6 Å². The average Bonchev–Trinajstić information content (AvgIpc) is 3.03. The molecule has 2 bridgehead atoms. The van der Waals surface area contributed by atoms with Gasteiger partial charge in [-0.1, -0.05) is 30.3 Å². The first-order valence-electron chi connectivity index (χ1n) is 11.8. The molecule has 1 aromatic rings. The number of amides is 2. The average molecular weight is 517 g/mol. The van der Waals surface area contributed by atoms with Crippen molar-refractivity contribution in [1.29, 1.82) is 0 Å². The number of alkyl halides is 3. The van der Waals surface area contributed by atoms with Crippen molar-refractivity contribution < 1.29 is 36.7 Å². The number of rotatable bonds is 5. The highest BCUT2D eigenvalue weighted by atomic mass is 28.4. The van der Waals surface area contributed by atoms with E-state index in [0.29, 0.717) is 12.8 Å². The van der Waals surface area contributed by atoms with Crippen LogP contribution in [0.3, 0.4) is 0 Å². The fourth-order valence-electron chi connectivity index (χ4n) is 4.66. The van der Waals surface area contributed by atoms with Gasteiger partial charge in [0.1, 0.15) is 12.2 Å². The topological polar surface area (TPSA) is 68.3 Å². The third-order valence-corrected chi connectivity index (χ3v) is 6.83. The normalized spacial score (nSPS) is 23.7. The molecule has 0 aliphatic carbocycles. The molecule has 2 amide bonds. The molecule has 0 N–H and O–H groups in total. The molecule has 2 heterocycles. The zero-order valence-corrected chi connectivity index (χ0v) is 22.1. The number of likely N-dealkylation sites (tertiary alicyclic amines) is 1. The molecule has 11 heteroatoms. The summed E-state index contributed by atoms with van der Waals surface area (Å²) in [7, 11) is -2.70. The summed E-state index contributed by atoms with van der Waals surface area (Å²) in [6, 6.07) is 6.10. The van der Waals surface area contributed by atoms with E-state index in [1.165, 1.54) is 4.90 Å². The van der Waals surface area contributed by atoms with Crippen molar-refractivity contribution in [2.24, 2.45) is 0 Å². The number of ether oxygens (including phenoxy) is 2. The third-order valence-electron chi connectivity index (χ3n) is 5.87. The number of benzene rings is 1. The standard InChI is InChI=1S/C24H35F3N2O5Si/c1-23(2,3)33-22(31)29-17-12-13-18(29)19(20(24(25,26)27)34-35(4,5)6)28(14-17)21(30)32-15-16-10-8-7-9-11-16/h7-11,17-20H,12-15H2,1-6H3/t17-,18+,19-,20+/m0/s1. The fourth-order valence-corrected chi connectivity index (χ4v) is 5.69. The maximum absolute atomic E-state index is 14.4. The molecular weight excluding hydrogens is 481 g/mol. The van der Waals surface area contributed by atoms with Gasteiger partial charge in [0.25, 0.3) is 0 Å². The van der Waals surface area contributed by atoms with Gasteiger partial charge in [-0.15, -0.1) is 0 Å². The van der Waals surface area contributed by atoms with Crippen LogP contribution in [-0.2, 0) is 20.5 Å². The summed E-state index contributed by atoms with van der Waals surface area (Å²) in [6.45, 7) is 9.94. The predicted octanol–water partition coefficient (Wildman–Crippen LogP) is 5.56.